The fourth-order valence-corrected chi connectivity index (χ4v) is 2.49. The van der Waals surface area contributed by atoms with Gasteiger partial charge in [-0.15, -0.1) is 0 Å². The number of aryl methyl sites for hydroxylation is 1. The van der Waals surface area contributed by atoms with Crippen LogP contribution in [0.1, 0.15) is 11.4 Å². The minimum atomic E-state index is -3.33. The minimum absolute atomic E-state index is 0.0269. The molecular formula is C19H18F2N6O2. The number of carbonyl (C=O) groups is 1. The summed E-state index contributed by atoms with van der Waals surface area (Å²) in [6.07, 6.45) is 4.20. The molecule has 0 saturated carbocycles. The van der Waals surface area contributed by atoms with Gasteiger partial charge in [-0.1, -0.05) is 12.1 Å². The monoisotopic (exact) mass is 400 g/mol. The molecule has 0 spiro atoms. The van der Waals surface area contributed by atoms with Gasteiger partial charge in [0, 0.05) is 24.3 Å². The van der Waals surface area contributed by atoms with E-state index in [0.717, 1.165) is 4.57 Å². The fourth-order valence-electron chi connectivity index (χ4n) is 2.49. The molecule has 3 aromatic heterocycles. The summed E-state index contributed by atoms with van der Waals surface area (Å²) in [6, 6.07) is 9.24. The van der Waals surface area contributed by atoms with E-state index in [1.807, 2.05) is 0 Å². The van der Waals surface area contributed by atoms with E-state index in [4.69, 9.17) is 0 Å². The number of nitrogens with zero attached hydrogens (tertiary/aromatic N) is 4. The van der Waals surface area contributed by atoms with E-state index in [9.17, 15) is 18.4 Å². The molecule has 150 valence electrons. The van der Waals surface area contributed by atoms with Crippen LogP contribution in [0.5, 0.6) is 0 Å². The minimum Gasteiger partial charge on any atom is -0.348 e. The van der Waals surface area contributed by atoms with Gasteiger partial charge < -0.3 is 10.6 Å². The standard InChI is InChI=1S/C19H18F2N6O2/c1-13-10-24-17(26-15-7-3-5-9-23-15)18(29)27(13)11-16(28)25-12-19(20,21)14-6-2-4-8-22-14/h2-10H,11-12H2,1H3,(H,25,28)(H,23,24,26). The first-order chi connectivity index (χ1) is 13.9. The Balaban J connectivity index is 1.70. The number of hydrogen-bond acceptors (Lipinski definition) is 6. The number of amides is 1. The number of halogens is 2. The van der Waals surface area contributed by atoms with Crippen LogP contribution in [0.3, 0.4) is 0 Å². The lowest BCUT2D eigenvalue weighted by atomic mass is 10.2. The number of rotatable bonds is 7. The molecule has 0 aromatic carbocycles. The van der Waals surface area contributed by atoms with Crippen molar-refractivity contribution in [2.75, 3.05) is 11.9 Å². The van der Waals surface area contributed by atoms with Crippen LogP contribution in [0.25, 0.3) is 0 Å². The van der Waals surface area contributed by atoms with E-state index >= 15 is 0 Å². The van der Waals surface area contributed by atoms with Crippen molar-refractivity contribution >= 4 is 17.5 Å². The van der Waals surface area contributed by atoms with Crippen LogP contribution in [-0.4, -0.2) is 32.0 Å². The second-order valence-corrected chi connectivity index (χ2v) is 6.18. The first-order valence-electron chi connectivity index (χ1n) is 8.67. The third-order valence-electron chi connectivity index (χ3n) is 4.01. The van der Waals surface area contributed by atoms with Crippen LogP contribution >= 0.6 is 0 Å². The predicted molar refractivity (Wildman–Crippen MR) is 102 cm³/mol. The van der Waals surface area contributed by atoms with Gasteiger partial charge in [-0.2, -0.15) is 8.78 Å². The smallest absolute Gasteiger partial charge is 0.306 e. The SMILES string of the molecule is Cc1cnc(Nc2ccccn2)c(=O)n1CC(=O)NCC(F)(F)c1ccccn1. The third-order valence-corrected chi connectivity index (χ3v) is 4.01. The first-order valence-corrected chi connectivity index (χ1v) is 8.67. The molecule has 0 aliphatic carbocycles. The summed E-state index contributed by atoms with van der Waals surface area (Å²) in [5.41, 5.74) is -0.602. The number of pyridine rings is 2. The van der Waals surface area contributed by atoms with Gasteiger partial charge in [0.25, 0.3) is 5.56 Å². The van der Waals surface area contributed by atoms with E-state index in [1.54, 1.807) is 31.3 Å². The van der Waals surface area contributed by atoms with Gasteiger partial charge in [0.05, 0.1) is 6.54 Å². The van der Waals surface area contributed by atoms with Gasteiger partial charge in [-0.3, -0.25) is 19.1 Å². The molecule has 0 aliphatic rings. The van der Waals surface area contributed by atoms with Crippen molar-refractivity contribution in [2.45, 2.75) is 19.4 Å². The highest BCUT2D eigenvalue weighted by molar-refractivity contribution is 5.76. The average Bonchev–Trinajstić information content (AvgIpc) is 2.73. The molecule has 29 heavy (non-hydrogen) atoms. The molecule has 0 fully saturated rings. The van der Waals surface area contributed by atoms with E-state index < -0.39 is 36.2 Å². The normalized spacial score (nSPS) is 11.1. The highest BCUT2D eigenvalue weighted by Gasteiger charge is 2.33. The molecular weight excluding hydrogens is 382 g/mol. The molecule has 0 bridgehead atoms. The van der Waals surface area contributed by atoms with Crippen LogP contribution in [0, 0.1) is 6.92 Å². The van der Waals surface area contributed by atoms with E-state index in [0.29, 0.717) is 11.5 Å². The summed E-state index contributed by atoms with van der Waals surface area (Å²) in [7, 11) is 0. The second-order valence-electron chi connectivity index (χ2n) is 6.18. The zero-order valence-electron chi connectivity index (χ0n) is 15.5. The number of nitrogens with one attached hydrogen (secondary N) is 2. The highest BCUT2D eigenvalue weighted by Crippen LogP contribution is 2.24. The quantitative estimate of drug-likeness (QED) is 0.629. The van der Waals surface area contributed by atoms with Crippen molar-refractivity contribution in [3.05, 3.63) is 76.7 Å². The van der Waals surface area contributed by atoms with Crippen molar-refractivity contribution < 1.29 is 13.6 Å². The summed E-state index contributed by atoms with van der Waals surface area (Å²) in [5, 5.41) is 4.93. The Hall–Kier alpha value is -3.69. The van der Waals surface area contributed by atoms with E-state index in [2.05, 4.69) is 25.6 Å². The maximum atomic E-state index is 14.1. The Bertz CT molecular complexity index is 1040. The largest absolute Gasteiger partial charge is 0.348 e. The molecule has 0 aliphatic heterocycles. The molecule has 10 heteroatoms. The molecule has 3 aromatic rings. The van der Waals surface area contributed by atoms with Crippen LogP contribution in [0.4, 0.5) is 20.4 Å². The van der Waals surface area contributed by atoms with Crippen molar-refractivity contribution in [3.63, 3.8) is 0 Å². The van der Waals surface area contributed by atoms with Crippen molar-refractivity contribution in [1.29, 1.82) is 0 Å². The number of anilines is 2. The Kier molecular flexibility index (Phi) is 5.91. The zero-order valence-corrected chi connectivity index (χ0v) is 15.5. The number of aromatic nitrogens is 4. The van der Waals surface area contributed by atoms with Crippen LogP contribution < -0.4 is 16.2 Å². The van der Waals surface area contributed by atoms with Crippen molar-refractivity contribution in [1.82, 2.24) is 24.8 Å². The highest BCUT2D eigenvalue weighted by atomic mass is 19.3. The van der Waals surface area contributed by atoms with Gasteiger partial charge in [0.1, 0.15) is 18.1 Å². The molecule has 0 saturated heterocycles. The zero-order chi connectivity index (χ0) is 20.9. The van der Waals surface area contributed by atoms with Crippen LogP contribution in [0.2, 0.25) is 0 Å². The van der Waals surface area contributed by atoms with Gasteiger partial charge in [-0.05, 0) is 31.2 Å². The Morgan fingerprint density at radius 1 is 1.10 bits per heavy atom. The lowest BCUT2D eigenvalue weighted by Gasteiger charge is -2.17. The van der Waals surface area contributed by atoms with Crippen molar-refractivity contribution in [2.24, 2.45) is 0 Å². The summed E-state index contributed by atoms with van der Waals surface area (Å²) < 4.78 is 29.4. The topological polar surface area (TPSA) is 102 Å². The molecule has 8 nitrogen and oxygen atoms in total. The molecule has 3 rings (SSSR count). The predicted octanol–water partition coefficient (Wildman–Crippen LogP) is 1.99. The van der Waals surface area contributed by atoms with E-state index in [-0.39, 0.29) is 5.82 Å². The Morgan fingerprint density at radius 2 is 1.83 bits per heavy atom. The number of alkyl halides is 2. The summed E-state index contributed by atoms with van der Waals surface area (Å²) in [6.45, 7) is 0.234. The molecule has 0 radical (unpaired) electrons. The Labute approximate surface area is 164 Å². The number of carbonyl (C=O) groups excluding carboxylic acids is 1. The summed E-state index contributed by atoms with van der Waals surface area (Å²) in [4.78, 5) is 36.5. The third kappa shape index (κ3) is 4.98. The molecule has 3 heterocycles. The van der Waals surface area contributed by atoms with Gasteiger partial charge in [0.15, 0.2) is 5.82 Å². The molecule has 0 unspecified atom stereocenters. The molecule has 1 amide bonds. The lowest BCUT2D eigenvalue weighted by molar-refractivity contribution is -0.124. The molecule has 0 atom stereocenters. The van der Waals surface area contributed by atoms with Crippen LogP contribution in [0.15, 0.2) is 59.8 Å². The van der Waals surface area contributed by atoms with Gasteiger partial charge in [-0.25, -0.2) is 9.97 Å². The number of hydrogen-bond donors (Lipinski definition) is 2. The van der Waals surface area contributed by atoms with Crippen LogP contribution in [-0.2, 0) is 17.3 Å². The van der Waals surface area contributed by atoms with Gasteiger partial charge in [0.2, 0.25) is 5.91 Å². The lowest BCUT2D eigenvalue weighted by Crippen LogP contribution is -2.39. The van der Waals surface area contributed by atoms with Crippen molar-refractivity contribution in [3.8, 4) is 0 Å². The maximum Gasteiger partial charge on any atom is 0.306 e. The Morgan fingerprint density at radius 3 is 2.48 bits per heavy atom. The average molecular weight is 400 g/mol. The second kappa shape index (κ2) is 8.55. The maximum absolute atomic E-state index is 14.1. The molecule has 2 N–H and O–H groups in total. The van der Waals surface area contributed by atoms with E-state index in [1.165, 1.54) is 30.6 Å². The fraction of sp³-hybridized carbons (Fsp3) is 0.211. The first kappa shape index (κ1) is 20.1. The summed E-state index contributed by atoms with van der Waals surface area (Å²) in [5.74, 6) is -3.69. The summed E-state index contributed by atoms with van der Waals surface area (Å²) >= 11 is 0. The van der Waals surface area contributed by atoms with Gasteiger partial charge >= 0.3 is 5.92 Å².